The fourth-order valence-corrected chi connectivity index (χ4v) is 3.12. The average Bonchev–Trinajstić information content (AvgIpc) is 2.89. The third-order valence-electron chi connectivity index (χ3n) is 3.91. The van der Waals surface area contributed by atoms with Crippen molar-refractivity contribution in [1.29, 1.82) is 0 Å². The summed E-state index contributed by atoms with van der Waals surface area (Å²) in [5.41, 5.74) is 1.90. The lowest BCUT2D eigenvalue weighted by molar-refractivity contribution is -0.133. The van der Waals surface area contributed by atoms with Crippen LogP contribution in [0.5, 0.6) is 0 Å². The molecule has 0 spiro atoms. The highest BCUT2D eigenvalue weighted by Crippen LogP contribution is 2.26. The smallest absolute Gasteiger partial charge is 0.242 e. The van der Waals surface area contributed by atoms with Crippen molar-refractivity contribution in [3.63, 3.8) is 0 Å². The zero-order valence-electron chi connectivity index (χ0n) is 12.4. The van der Waals surface area contributed by atoms with Gasteiger partial charge in [0.1, 0.15) is 11.1 Å². The molecular weight excluding hydrogens is 346 g/mol. The Morgan fingerprint density at radius 2 is 1.91 bits per heavy atom. The van der Waals surface area contributed by atoms with Crippen molar-refractivity contribution in [3.05, 3.63) is 35.5 Å². The molecule has 7 heteroatoms. The lowest BCUT2D eigenvalue weighted by Gasteiger charge is -2.32. The van der Waals surface area contributed by atoms with Gasteiger partial charge in [-0.3, -0.25) is 9.78 Å². The second-order valence-electron chi connectivity index (χ2n) is 5.43. The molecule has 0 atom stereocenters. The Bertz CT molecular complexity index is 649. The maximum absolute atomic E-state index is 12.5. The lowest BCUT2D eigenvalue weighted by atomic mass is 10.2. The first-order valence-electron chi connectivity index (χ1n) is 7.22. The van der Waals surface area contributed by atoms with Crippen LogP contribution in [0.1, 0.15) is 0 Å². The Morgan fingerprint density at radius 1 is 1.23 bits per heavy atom. The number of imidazole rings is 1. The van der Waals surface area contributed by atoms with Gasteiger partial charge < -0.3 is 14.4 Å². The van der Waals surface area contributed by atoms with Gasteiger partial charge in [0, 0.05) is 44.1 Å². The number of aromatic nitrogens is 3. The van der Waals surface area contributed by atoms with Gasteiger partial charge in [0.2, 0.25) is 5.91 Å². The molecule has 1 fully saturated rings. The van der Waals surface area contributed by atoms with Crippen molar-refractivity contribution in [2.75, 3.05) is 33.2 Å². The molecule has 0 saturated carbocycles. The Balaban J connectivity index is 1.77. The Kier molecular flexibility index (Phi) is 4.54. The summed E-state index contributed by atoms with van der Waals surface area (Å²) in [6, 6.07) is 3.83. The van der Waals surface area contributed by atoms with E-state index in [0.717, 1.165) is 42.0 Å². The predicted octanol–water partition coefficient (Wildman–Crippen LogP) is 1.48. The van der Waals surface area contributed by atoms with Gasteiger partial charge in [-0.2, -0.15) is 0 Å². The summed E-state index contributed by atoms with van der Waals surface area (Å²) < 4.78 is 2.63. The van der Waals surface area contributed by atoms with Gasteiger partial charge in [-0.1, -0.05) is 0 Å². The number of rotatable bonds is 3. The Morgan fingerprint density at radius 3 is 2.59 bits per heavy atom. The molecule has 0 aliphatic carbocycles. The maximum atomic E-state index is 12.5. The van der Waals surface area contributed by atoms with Gasteiger partial charge >= 0.3 is 0 Å². The van der Waals surface area contributed by atoms with E-state index in [1.54, 1.807) is 18.7 Å². The number of pyridine rings is 1. The minimum absolute atomic E-state index is 0.133. The van der Waals surface area contributed by atoms with E-state index in [-0.39, 0.29) is 5.91 Å². The third-order valence-corrected chi connectivity index (χ3v) is 4.49. The molecule has 6 nitrogen and oxygen atoms in total. The Hall–Kier alpha value is -1.73. The number of carbonyl (C=O) groups is 1. The topological polar surface area (TPSA) is 54.3 Å². The number of amides is 1. The number of halogens is 1. The van der Waals surface area contributed by atoms with Crippen LogP contribution in [0.15, 0.2) is 35.5 Å². The monoisotopic (exact) mass is 363 g/mol. The van der Waals surface area contributed by atoms with Crippen LogP contribution in [-0.2, 0) is 11.3 Å². The van der Waals surface area contributed by atoms with Crippen LogP contribution in [0, 0.1) is 0 Å². The quantitative estimate of drug-likeness (QED) is 0.828. The largest absolute Gasteiger partial charge is 0.339 e. The van der Waals surface area contributed by atoms with E-state index in [9.17, 15) is 4.79 Å². The highest BCUT2D eigenvalue weighted by atomic mass is 79.9. The third kappa shape index (κ3) is 3.20. The van der Waals surface area contributed by atoms with E-state index in [1.807, 2.05) is 21.6 Å². The molecule has 1 saturated heterocycles. The first-order valence-corrected chi connectivity index (χ1v) is 8.02. The van der Waals surface area contributed by atoms with Gasteiger partial charge in [0.25, 0.3) is 0 Å². The predicted molar refractivity (Wildman–Crippen MR) is 87.2 cm³/mol. The SMILES string of the molecule is CN1CCN(C(=O)Cn2cnc(Br)c2-c2ccncc2)CC1. The van der Waals surface area contributed by atoms with E-state index >= 15 is 0 Å². The van der Waals surface area contributed by atoms with Crippen LogP contribution in [0.25, 0.3) is 11.3 Å². The highest BCUT2D eigenvalue weighted by Gasteiger charge is 2.21. The number of likely N-dealkylation sites (N-methyl/N-ethyl adjacent to an activating group) is 1. The minimum Gasteiger partial charge on any atom is -0.339 e. The summed E-state index contributed by atoms with van der Waals surface area (Å²) in [5, 5.41) is 0. The van der Waals surface area contributed by atoms with Crippen molar-refractivity contribution in [3.8, 4) is 11.3 Å². The number of piperazine rings is 1. The second kappa shape index (κ2) is 6.58. The van der Waals surface area contributed by atoms with Gasteiger partial charge in [-0.25, -0.2) is 4.98 Å². The molecule has 3 heterocycles. The summed E-state index contributed by atoms with van der Waals surface area (Å²) in [4.78, 5) is 25.0. The van der Waals surface area contributed by atoms with Gasteiger partial charge in [0.05, 0.1) is 12.0 Å². The van der Waals surface area contributed by atoms with Crippen molar-refractivity contribution in [1.82, 2.24) is 24.3 Å². The van der Waals surface area contributed by atoms with Gasteiger partial charge in [-0.05, 0) is 35.1 Å². The fourth-order valence-electron chi connectivity index (χ4n) is 2.57. The molecule has 1 aliphatic rings. The van der Waals surface area contributed by atoms with Gasteiger partial charge in [-0.15, -0.1) is 0 Å². The van der Waals surface area contributed by atoms with Crippen LogP contribution in [0.4, 0.5) is 0 Å². The summed E-state index contributed by atoms with van der Waals surface area (Å²) in [6.45, 7) is 3.73. The molecule has 2 aromatic heterocycles. The van der Waals surface area contributed by atoms with Crippen molar-refractivity contribution >= 4 is 21.8 Å². The van der Waals surface area contributed by atoms with Crippen LogP contribution in [0.2, 0.25) is 0 Å². The summed E-state index contributed by atoms with van der Waals surface area (Å²) in [5.74, 6) is 0.133. The molecule has 0 aromatic carbocycles. The minimum atomic E-state index is 0.133. The zero-order valence-corrected chi connectivity index (χ0v) is 14.0. The molecule has 0 N–H and O–H groups in total. The Labute approximate surface area is 137 Å². The van der Waals surface area contributed by atoms with Crippen molar-refractivity contribution < 1.29 is 4.79 Å². The van der Waals surface area contributed by atoms with Crippen LogP contribution >= 0.6 is 15.9 Å². The normalized spacial score (nSPS) is 16.0. The van der Waals surface area contributed by atoms with E-state index in [1.165, 1.54) is 0 Å². The molecule has 0 unspecified atom stereocenters. The number of hydrogen-bond acceptors (Lipinski definition) is 4. The first-order chi connectivity index (χ1) is 10.6. The molecule has 2 aromatic rings. The molecule has 0 bridgehead atoms. The average molecular weight is 364 g/mol. The van der Waals surface area contributed by atoms with Crippen LogP contribution in [-0.4, -0.2) is 63.5 Å². The standard InChI is InChI=1S/C15H18BrN5O/c1-19-6-8-20(9-7-19)13(22)10-21-11-18-15(16)14(21)12-2-4-17-5-3-12/h2-5,11H,6-10H2,1H3. The zero-order chi connectivity index (χ0) is 15.5. The summed E-state index contributed by atoms with van der Waals surface area (Å²) >= 11 is 3.46. The molecular formula is C15H18BrN5O. The van der Waals surface area contributed by atoms with Gasteiger partial charge in [0.15, 0.2) is 0 Å². The lowest BCUT2D eigenvalue weighted by Crippen LogP contribution is -2.48. The van der Waals surface area contributed by atoms with E-state index in [2.05, 4.69) is 37.8 Å². The molecule has 3 rings (SSSR count). The van der Waals surface area contributed by atoms with E-state index in [4.69, 9.17) is 0 Å². The maximum Gasteiger partial charge on any atom is 0.242 e. The summed E-state index contributed by atoms with van der Waals surface area (Å²) in [6.07, 6.45) is 5.18. The molecule has 22 heavy (non-hydrogen) atoms. The fraction of sp³-hybridized carbons (Fsp3) is 0.400. The van der Waals surface area contributed by atoms with Crippen molar-refractivity contribution in [2.24, 2.45) is 0 Å². The van der Waals surface area contributed by atoms with E-state index < -0.39 is 0 Å². The summed E-state index contributed by atoms with van der Waals surface area (Å²) in [7, 11) is 2.08. The van der Waals surface area contributed by atoms with E-state index in [0.29, 0.717) is 6.54 Å². The second-order valence-corrected chi connectivity index (χ2v) is 6.18. The molecule has 116 valence electrons. The van der Waals surface area contributed by atoms with Crippen LogP contribution in [0.3, 0.4) is 0 Å². The molecule has 0 radical (unpaired) electrons. The van der Waals surface area contributed by atoms with Crippen molar-refractivity contribution in [2.45, 2.75) is 6.54 Å². The molecule has 1 amide bonds. The first kappa shape index (κ1) is 15.2. The molecule has 1 aliphatic heterocycles. The number of hydrogen-bond donors (Lipinski definition) is 0. The van der Waals surface area contributed by atoms with Crippen LogP contribution < -0.4 is 0 Å². The number of carbonyl (C=O) groups excluding carboxylic acids is 1. The highest BCUT2D eigenvalue weighted by molar-refractivity contribution is 9.10. The number of nitrogens with zero attached hydrogens (tertiary/aromatic N) is 5.